The molecule has 0 aromatic heterocycles. The quantitative estimate of drug-likeness (QED) is 0.747. The monoisotopic (exact) mass is 392 g/mol. The number of carboxylic acid groups (broad SMARTS) is 1. The minimum atomic E-state index is -2.76. The maximum atomic E-state index is 10.7. The molecule has 0 unspecified atom stereocenters. The van der Waals surface area contributed by atoms with Gasteiger partial charge >= 0.3 is 5.97 Å². The van der Waals surface area contributed by atoms with E-state index in [1.165, 1.54) is 4.90 Å². The van der Waals surface area contributed by atoms with E-state index in [1.54, 1.807) is 0 Å². The van der Waals surface area contributed by atoms with Crippen molar-refractivity contribution < 1.29 is 20.1 Å². The number of nitrogens with zero attached hydrogens (tertiary/aromatic N) is 2. The van der Waals surface area contributed by atoms with E-state index in [0.29, 0.717) is 18.1 Å². The lowest BCUT2D eigenvalue weighted by atomic mass is 9.96. The Morgan fingerprint density at radius 1 is 1.07 bits per heavy atom. The standard InChI is InChI=1S/C21H25ClN2O3/c22-19-8-6-18(7-9-19)21(17-4-2-1-3-5-17)24-12-10-23(11-13-24)14-15-27-16-20(25)26/h1-9,21H,10-16H2,(H,25,26)/t21-/m0/s1/i14D2,15D2. The van der Waals surface area contributed by atoms with Crippen LogP contribution < -0.4 is 0 Å². The van der Waals surface area contributed by atoms with Crippen LogP contribution in [0.5, 0.6) is 0 Å². The van der Waals surface area contributed by atoms with Crippen LogP contribution in [0, 0.1) is 0 Å². The van der Waals surface area contributed by atoms with Gasteiger partial charge in [0.1, 0.15) is 6.61 Å². The van der Waals surface area contributed by atoms with E-state index in [1.807, 2.05) is 54.6 Å². The number of hydrogen-bond donors (Lipinski definition) is 1. The summed E-state index contributed by atoms with van der Waals surface area (Å²) in [4.78, 5) is 14.3. The molecule has 2 aromatic carbocycles. The van der Waals surface area contributed by atoms with Crippen molar-refractivity contribution in [2.24, 2.45) is 0 Å². The predicted molar refractivity (Wildman–Crippen MR) is 106 cm³/mol. The van der Waals surface area contributed by atoms with E-state index in [-0.39, 0.29) is 19.1 Å². The molecule has 0 spiro atoms. The summed E-state index contributed by atoms with van der Waals surface area (Å²) >= 11 is 6.06. The summed E-state index contributed by atoms with van der Waals surface area (Å²) < 4.78 is 37.1. The molecule has 2 aromatic rings. The molecule has 1 saturated heterocycles. The highest BCUT2D eigenvalue weighted by atomic mass is 35.5. The average molecular weight is 393 g/mol. The number of carboxylic acids is 1. The highest BCUT2D eigenvalue weighted by Gasteiger charge is 2.26. The van der Waals surface area contributed by atoms with Crippen molar-refractivity contribution in [3.05, 3.63) is 70.7 Å². The molecule has 0 radical (unpaired) electrons. The topological polar surface area (TPSA) is 53.0 Å². The Morgan fingerprint density at radius 2 is 1.70 bits per heavy atom. The van der Waals surface area contributed by atoms with Crippen molar-refractivity contribution in [1.29, 1.82) is 0 Å². The van der Waals surface area contributed by atoms with Gasteiger partial charge in [-0.15, -0.1) is 0 Å². The Hall–Kier alpha value is -1.92. The maximum Gasteiger partial charge on any atom is 0.329 e. The second kappa shape index (κ2) is 9.85. The van der Waals surface area contributed by atoms with Crippen molar-refractivity contribution in [2.45, 2.75) is 6.04 Å². The Morgan fingerprint density at radius 3 is 2.33 bits per heavy atom. The zero-order chi connectivity index (χ0) is 22.6. The minimum Gasteiger partial charge on any atom is -0.480 e. The molecule has 0 amide bonds. The molecular weight excluding hydrogens is 364 g/mol. The van der Waals surface area contributed by atoms with E-state index >= 15 is 0 Å². The first-order valence-electron chi connectivity index (χ1n) is 10.8. The van der Waals surface area contributed by atoms with E-state index in [9.17, 15) is 4.79 Å². The van der Waals surface area contributed by atoms with Gasteiger partial charge in [-0.25, -0.2) is 4.79 Å². The third kappa shape index (κ3) is 5.78. The maximum absolute atomic E-state index is 10.7. The zero-order valence-electron chi connectivity index (χ0n) is 18.8. The van der Waals surface area contributed by atoms with Crippen molar-refractivity contribution in [2.75, 3.05) is 45.8 Å². The molecule has 1 atom stereocenters. The molecule has 144 valence electrons. The van der Waals surface area contributed by atoms with E-state index in [2.05, 4.69) is 4.90 Å². The van der Waals surface area contributed by atoms with Crippen molar-refractivity contribution in [1.82, 2.24) is 9.80 Å². The molecule has 0 aliphatic carbocycles. The number of benzene rings is 2. The summed E-state index contributed by atoms with van der Waals surface area (Å²) in [6.07, 6.45) is 0. The third-order valence-corrected chi connectivity index (χ3v) is 4.70. The third-order valence-electron chi connectivity index (χ3n) is 4.45. The van der Waals surface area contributed by atoms with E-state index in [4.69, 9.17) is 26.9 Å². The van der Waals surface area contributed by atoms with E-state index < -0.39 is 25.6 Å². The van der Waals surface area contributed by atoms with Crippen LogP contribution in [0.15, 0.2) is 54.6 Å². The summed E-state index contributed by atoms with van der Waals surface area (Å²) in [6, 6.07) is 17.6. The first kappa shape index (κ1) is 15.1. The predicted octanol–water partition coefficient (Wildman–Crippen LogP) is 3.15. The molecule has 1 heterocycles. The number of halogens is 1. The molecule has 1 fully saturated rings. The number of carbonyl (C=O) groups is 1. The molecular formula is C21H25ClN2O3. The van der Waals surface area contributed by atoms with Gasteiger partial charge in [-0.05, 0) is 23.3 Å². The lowest BCUT2D eigenvalue weighted by Gasteiger charge is -2.39. The summed E-state index contributed by atoms with van der Waals surface area (Å²) in [6.45, 7) is -4.62. The Kier molecular flexibility index (Phi) is 5.49. The number of hydrogen-bond acceptors (Lipinski definition) is 4. The van der Waals surface area contributed by atoms with Crippen molar-refractivity contribution in [3.63, 3.8) is 0 Å². The smallest absolute Gasteiger partial charge is 0.329 e. The van der Waals surface area contributed by atoms with Crippen LogP contribution >= 0.6 is 11.6 Å². The SMILES string of the molecule is [2H]C([2H])(OCC(=O)O)C([2H])([2H])N1CCN([C@@H](c2ccccc2)c2ccc(Cl)cc2)CC1. The van der Waals surface area contributed by atoms with Gasteiger partial charge in [0.15, 0.2) is 0 Å². The Balaban J connectivity index is 1.76. The van der Waals surface area contributed by atoms with Gasteiger partial charge in [0.2, 0.25) is 0 Å². The number of rotatable bonds is 8. The van der Waals surface area contributed by atoms with Crippen LogP contribution in [0.4, 0.5) is 0 Å². The molecule has 27 heavy (non-hydrogen) atoms. The average Bonchev–Trinajstić information content (AvgIpc) is 2.75. The molecule has 0 bridgehead atoms. The summed E-state index contributed by atoms with van der Waals surface area (Å²) in [7, 11) is 0. The van der Waals surface area contributed by atoms with Crippen LogP contribution in [0.1, 0.15) is 22.7 Å². The normalized spacial score (nSPS) is 20.2. The summed E-state index contributed by atoms with van der Waals surface area (Å²) in [5.74, 6) is -1.35. The van der Waals surface area contributed by atoms with Crippen LogP contribution in [0.3, 0.4) is 0 Å². The molecule has 5 nitrogen and oxygen atoms in total. The van der Waals surface area contributed by atoms with Gasteiger partial charge in [0.25, 0.3) is 0 Å². The molecule has 1 aliphatic rings. The van der Waals surface area contributed by atoms with Gasteiger partial charge in [-0.3, -0.25) is 9.80 Å². The fourth-order valence-corrected chi connectivity index (χ4v) is 3.31. The van der Waals surface area contributed by atoms with Crippen LogP contribution in [0.2, 0.25) is 5.02 Å². The number of aliphatic carboxylic acids is 1. The second-order valence-corrected chi connectivity index (χ2v) is 6.72. The van der Waals surface area contributed by atoms with Crippen LogP contribution in [-0.4, -0.2) is 66.7 Å². The number of piperazine rings is 1. The van der Waals surface area contributed by atoms with Crippen LogP contribution in [0.25, 0.3) is 0 Å². The van der Waals surface area contributed by atoms with E-state index in [0.717, 1.165) is 11.1 Å². The molecule has 1 aliphatic heterocycles. The summed E-state index contributed by atoms with van der Waals surface area (Å²) in [5, 5.41) is 9.39. The van der Waals surface area contributed by atoms with Crippen molar-refractivity contribution >= 4 is 17.6 Å². The lowest BCUT2D eigenvalue weighted by Crippen LogP contribution is -2.48. The Bertz CT molecular complexity index is 876. The molecule has 1 N–H and O–H groups in total. The second-order valence-electron chi connectivity index (χ2n) is 6.28. The molecule has 3 rings (SSSR count). The fraction of sp³-hybridized carbons (Fsp3) is 0.381. The first-order chi connectivity index (χ1) is 14.6. The Labute approximate surface area is 170 Å². The largest absolute Gasteiger partial charge is 0.480 e. The van der Waals surface area contributed by atoms with Crippen molar-refractivity contribution in [3.8, 4) is 0 Å². The first-order valence-corrected chi connectivity index (χ1v) is 9.15. The number of ether oxygens (including phenoxy) is 1. The zero-order valence-corrected chi connectivity index (χ0v) is 15.6. The minimum absolute atomic E-state index is 0.0495. The fourth-order valence-electron chi connectivity index (χ4n) is 3.18. The highest BCUT2D eigenvalue weighted by molar-refractivity contribution is 6.30. The van der Waals surface area contributed by atoms with Gasteiger partial charge in [0.05, 0.1) is 15.3 Å². The van der Waals surface area contributed by atoms with Gasteiger partial charge in [0, 0.05) is 40.4 Å². The molecule has 6 heteroatoms. The van der Waals surface area contributed by atoms with Gasteiger partial charge in [-0.1, -0.05) is 54.1 Å². The van der Waals surface area contributed by atoms with Crippen LogP contribution in [-0.2, 0) is 9.53 Å². The summed E-state index contributed by atoms with van der Waals surface area (Å²) in [5.41, 5.74) is 2.16. The highest BCUT2D eigenvalue weighted by Crippen LogP contribution is 2.30. The van der Waals surface area contributed by atoms with Gasteiger partial charge < -0.3 is 9.84 Å². The lowest BCUT2D eigenvalue weighted by molar-refractivity contribution is -0.142. The van der Waals surface area contributed by atoms with Gasteiger partial charge in [-0.2, -0.15) is 0 Å². The molecule has 0 saturated carbocycles.